The molecule has 1 heterocycles. The van der Waals surface area contributed by atoms with E-state index < -0.39 is 23.9 Å². The van der Waals surface area contributed by atoms with E-state index in [4.69, 9.17) is 11.1 Å². The van der Waals surface area contributed by atoms with Gasteiger partial charge in [-0.25, -0.2) is 0 Å². The van der Waals surface area contributed by atoms with E-state index in [9.17, 15) is 28.5 Å². The minimum Gasteiger partial charge on any atom is -0.322 e. The summed E-state index contributed by atoms with van der Waals surface area (Å²) in [5.41, 5.74) is 8.12. The Labute approximate surface area is 285 Å². The van der Waals surface area contributed by atoms with Gasteiger partial charge in [0, 0.05) is 22.8 Å². The molecule has 3 amide bonds. The van der Waals surface area contributed by atoms with Crippen LogP contribution in [0.4, 0.5) is 4.48 Å². The summed E-state index contributed by atoms with van der Waals surface area (Å²) in [5.74, 6) is -1.70. The number of nitrogens with one attached hydrogen (secondary N) is 1. The van der Waals surface area contributed by atoms with Gasteiger partial charge in [-0.15, -0.1) is 0 Å². The Morgan fingerprint density at radius 1 is 0.792 bits per heavy atom. The number of benzene rings is 2. The molecule has 0 saturated heterocycles. The lowest BCUT2D eigenvalue weighted by atomic mass is 9.94. The number of ketones is 2. The number of unbranched alkanes of at least 4 members (excludes halogenated alkanes) is 4. The Kier molecular flexibility index (Phi) is 17.8. The molecule has 3 rings (SSSR count). The number of hydrogen-bond donors (Lipinski definition) is 2. The molecule has 0 radical (unpaired) electrons. The zero-order chi connectivity index (χ0) is 36.7. The zero-order valence-corrected chi connectivity index (χ0v) is 30.1. The van der Waals surface area contributed by atoms with Crippen LogP contribution in [-0.4, -0.2) is 63.7 Å². The van der Waals surface area contributed by atoms with Crippen LogP contribution in [0.1, 0.15) is 131 Å². The number of fused-ring (bicyclic) bond motifs is 1. The molecule has 2 aromatic carbocycles. The lowest BCUT2D eigenvalue weighted by molar-refractivity contribution is -0.152. The summed E-state index contributed by atoms with van der Waals surface area (Å²) in [7, 11) is 0. The van der Waals surface area contributed by atoms with Crippen molar-refractivity contribution >= 4 is 35.0 Å². The Morgan fingerprint density at radius 3 is 1.67 bits per heavy atom. The quantitative estimate of drug-likeness (QED) is 0.0705. The Hall–Kier alpha value is -4.05. The minimum absolute atomic E-state index is 0.0113. The fraction of sp³-hybridized carbons (Fsp3) is 0.526. The largest absolute Gasteiger partial charge is 0.322 e. The molecule has 264 valence electrons. The van der Waals surface area contributed by atoms with Crippen molar-refractivity contribution in [3.63, 3.8) is 0 Å². The molecule has 0 spiro atoms. The number of carbonyl (C=O) groups excluding carboxylic acids is 5. The summed E-state index contributed by atoms with van der Waals surface area (Å²) in [6.45, 7) is 16.4. The first kappa shape index (κ1) is 42.0. The van der Waals surface area contributed by atoms with Gasteiger partial charge in [0.05, 0.1) is 23.7 Å². The summed E-state index contributed by atoms with van der Waals surface area (Å²) in [6.07, 6.45) is 5.30. The van der Waals surface area contributed by atoms with Crippen LogP contribution in [-0.2, 0) is 9.59 Å². The number of Topliss-reactive ketones (excluding diaryl/α,β-unsaturated/α-hetero) is 2. The van der Waals surface area contributed by atoms with Gasteiger partial charge in [0.15, 0.2) is 11.6 Å². The molecule has 0 saturated carbocycles. The highest BCUT2D eigenvalue weighted by molar-refractivity contribution is 6.23. The van der Waals surface area contributed by atoms with Crippen LogP contribution in [0.15, 0.2) is 48.5 Å². The first-order valence-corrected chi connectivity index (χ1v) is 16.9. The van der Waals surface area contributed by atoms with Gasteiger partial charge in [-0.05, 0) is 51.2 Å². The number of nitrogens with zero attached hydrogens (tertiary/aromatic N) is 2. The van der Waals surface area contributed by atoms with Crippen molar-refractivity contribution in [1.82, 2.24) is 10.0 Å². The molecule has 1 aliphatic heterocycles. The van der Waals surface area contributed by atoms with Crippen molar-refractivity contribution in [3.8, 4) is 0 Å². The molecule has 3 unspecified atom stereocenters. The van der Waals surface area contributed by atoms with Crippen molar-refractivity contribution in [1.29, 1.82) is 5.41 Å². The van der Waals surface area contributed by atoms with Crippen LogP contribution in [0.3, 0.4) is 0 Å². The highest BCUT2D eigenvalue weighted by atomic mass is 19.2. The third-order valence-electron chi connectivity index (χ3n) is 8.27. The topological polar surface area (TPSA) is 142 Å². The number of halogens is 1. The van der Waals surface area contributed by atoms with Gasteiger partial charge >= 0.3 is 0 Å². The van der Waals surface area contributed by atoms with E-state index in [2.05, 4.69) is 6.92 Å². The lowest BCUT2D eigenvalue weighted by Gasteiger charge is -2.29. The second-order valence-electron chi connectivity index (χ2n) is 13.0. The molecule has 0 fully saturated rings. The van der Waals surface area contributed by atoms with E-state index in [1.165, 1.54) is 19.8 Å². The molecule has 0 aromatic heterocycles. The maximum absolute atomic E-state index is 13.4. The van der Waals surface area contributed by atoms with Crippen molar-refractivity contribution in [2.24, 2.45) is 23.5 Å². The summed E-state index contributed by atoms with van der Waals surface area (Å²) in [5, 5.41) is 7.82. The molecular formula is C38H55FN4O5. The average Bonchev–Trinajstić information content (AvgIpc) is 3.29. The van der Waals surface area contributed by atoms with Crippen LogP contribution in [0.2, 0.25) is 0 Å². The first-order valence-electron chi connectivity index (χ1n) is 16.9. The van der Waals surface area contributed by atoms with Gasteiger partial charge in [-0.2, -0.15) is 5.12 Å². The number of nitrogens with two attached hydrogens (primary N) is 1. The van der Waals surface area contributed by atoms with Crippen molar-refractivity contribution in [2.45, 2.75) is 107 Å². The fourth-order valence-corrected chi connectivity index (χ4v) is 5.07. The molecule has 10 heteroatoms. The lowest BCUT2D eigenvalue weighted by Crippen LogP contribution is -2.52. The van der Waals surface area contributed by atoms with Crippen LogP contribution >= 0.6 is 0 Å². The molecule has 1 aliphatic rings. The second kappa shape index (κ2) is 20.3. The van der Waals surface area contributed by atoms with E-state index >= 15 is 0 Å². The molecule has 9 nitrogen and oxygen atoms in total. The predicted octanol–water partition coefficient (Wildman–Crippen LogP) is 7.46. The molecule has 2 aromatic rings. The van der Waals surface area contributed by atoms with Crippen LogP contribution < -0.4 is 5.73 Å². The number of carbonyl (C=O) groups is 5. The van der Waals surface area contributed by atoms with Crippen LogP contribution in [0.25, 0.3) is 0 Å². The SMILES string of the molecule is CC(=N)c1ccccc1C(C)=O.CC(N)C(=O)C(C(C)C)N1C(=O)c2ccccc2C1=O.CCCCCCCN(F)C(=O)C(C)C(C)C. The number of hydrogen-bond acceptors (Lipinski definition) is 7. The standard InChI is InChI=1S/C15H18N2O3.C13H26FNO.C10H11NO/c1-8(2)12(13(18)9(3)16)17-14(19)10-6-4-5-7-11(10)15(17)20;1-5-6-7-8-9-10-15(14)13(16)12(4)11(2)3;1-7(11)9-5-3-4-6-10(9)8(2)12/h4-9,12H,16H2,1-3H3;11-12H,5-10H2,1-4H3;3-6,11H,1-2H3. The van der Waals surface area contributed by atoms with E-state index in [0.717, 1.165) is 29.7 Å². The van der Waals surface area contributed by atoms with E-state index in [1.807, 2.05) is 26.0 Å². The highest BCUT2D eigenvalue weighted by Crippen LogP contribution is 2.27. The first-order chi connectivity index (χ1) is 22.5. The Morgan fingerprint density at radius 2 is 1.27 bits per heavy atom. The number of rotatable bonds is 14. The number of imide groups is 1. The van der Waals surface area contributed by atoms with Gasteiger partial charge in [-0.1, -0.05) is 108 Å². The van der Waals surface area contributed by atoms with Crippen molar-refractivity contribution in [3.05, 3.63) is 70.8 Å². The van der Waals surface area contributed by atoms with Gasteiger partial charge < -0.3 is 11.1 Å². The molecule has 3 atom stereocenters. The number of amides is 3. The van der Waals surface area contributed by atoms with Gasteiger partial charge in [-0.3, -0.25) is 28.9 Å². The normalized spacial score (nSPS) is 13.9. The van der Waals surface area contributed by atoms with Crippen LogP contribution in [0, 0.1) is 23.2 Å². The predicted molar refractivity (Wildman–Crippen MR) is 189 cm³/mol. The molecular weight excluding hydrogens is 611 g/mol. The summed E-state index contributed by atoms with van der Waals surface area (Å²) < 4.78 is 13.4. The smallest absolute Gasteiger partial charge is 0.262 e. The van der Waals surface area contributed by atoms with E-state index in [-0.39, 0.29) is 41.8 Å². The monoisotopic (exact) mass is 666 g/mol. The Bertz CT molecular complexity index is 1350. The average molecular weight is 667 g/mol. The molecule has 0 aliphatic carbocycles. The molecule has 3 N–H and O–H groups in total. The highest BCUT2D eigenvalue weighted by Gasteiger charge is 2.44. The molecule has 0 bridgehead atoms. The minimum atomic E-state index is -0.817. The summed E-state index contributed by atoms with van der Waals surface area (Å²) in [6, 6.07) is 12.2. The van der Waals surface area contributed by atoms with Gasteiger partial charge in [0.1, 0.15) is 6.04 Å². The maximum Gasteiger partial charge on any atom is 0.262 e. The third-order valence-corrected chi connectivity index (χ3v) is 8.27. The Balaban J connectivity index is 0.000000372. The van der Waals surface area contributed by atoms with Gasteiger partial charge in [0.25, 0.3) is 17.7 Å². The zero-order valence-electron chi connectivity index (χ0n) is 30.1. The maximum atomic E-state index is 13.4. The summed E-state index contributed by atoms with van der Waals surface area (Å²) >= 11 is 0. The fourth-order valence-electron chi connectivity index (χ4n) is 5.07. The third kappa shape index (κ3) is 11.9. The van der Waals surface area contributed by atoms with Crippen molar-refractivity contribution in [2.75, 3.05) is 6.54 Å². The van der Waals surface area contributed by atoms with E-state index in [0.29, 0.717) is 27.5 Å². The summed E-state index contributed by atoms with van der Waals surface area (Å²) in [4.78, 5) is 60.7. The van der Waals surface area contributed by atoms with Crippen molar-refractivity contribution < 1.29 is 28.5 Å². The van der Waals surface area contributed by atoms with Crippen LogP contribution in [0.5, 0.6) is 0 Å². The molecule has 48 heavy (non-hydrogen) atoms. The van der Waals surface area contributed by atoms with Gasteiger partial charge in [0.2, 0.25) is 0 Å². The van der Waals surface area contributed by atoms with E-state index in [1.54, 1.807) is 71.0 Å². The second-order valence-corrected chi connectivity index (χ2v) is 13.0.